The largest absolute Gasteiger partial charge is 0.291 e. The van der Waals surface area contributed by atoms with Gasteiger partial charge >= 0.3 is 0 Å². The van der Waals surface area contributed by atoms with E-state index in [0.29, 0.717) is 33.5 Å². The van der Waals surface area contributed by atoms with Crippen LogP contribution in [0.25, 0.3) is 16.7 Å². The first-order valence-electron chi connectivity index (χ1n) is 8.38. The Bertz CT molecular complexity index is 1230. The average Bonchev–Trinajstić information content (AvgIpc) is 3.39. The van der Waals surface area contributed by atoms with E-state index in [9.17, 15) is 9.59 Å². The standard InChI is InChI=1S/C18H16N6O2S2/c1-3-9-23-15(26)12-6-4-5-7-13(12)24-16(23)20-21-18(24)28-11-14(25)22(2)17-19-8-10-27-17/h3-8,10H,1,9,11H2,2H3. The number of para-hydroxylation sites is 1. The number of carbonyl (C=O) groups excluding carboxylic acids is 1. The van der Waals surface area contributed by atoms with Gasteiger partial charge in [-0.15, -0.1) is 28.1 Å². The molecule has 10 heteroatoms. The van der Waals surface area contributed by atoms with Crippen molar-refractivity contribution in [2.75, 3.05) is 17.7 Å². The topological polar surface area (TPSA) is 85.4 Å². The van der Waals surface area contributed by atoms with Crippen LogP contribution in [-0.4, -0.2) is 42.9 Å². The summed E-state index contributed by atoms with van der Waals surface area (Å²) < 4.78 is 3.33. The summed E-state index contributed by atoms with van der Waals surface area (Å²) in [4.78, 5) is 31.0. The highest BCUT2D eigenvalue weighted by atomic mass is 32.2. The number of thioether (sulfide) groups is 1. The van der Waals surface area contributed by atoms with Crippen molar-refractivity contribution in [3.8, 4) is 0 Å². The second kappa shape index (κ2) is 7.56. The van der Waals surface area contributed by atoms with Crippen LogP contribution in [0.3, 0.4) is 0 Å². The third-order valence-corrected chi connectivity index (χ3v) is 5.96. The molecule has 0 saturated heterocycles. The van der Waals surface area contributed by atoms with Crippen LogP contribution in [0.15, 0.2) is 58.4 Å². The number of aromatic nitrogens is 5. The molecule has 3 aromatic heterocycles. The smallest absolute Gasteiger partial charge is 0.263 e. The van der Waals surface area contributed by atoms with E-state index in [1.165, 1.54) is 32.6 Å². The molecule has 0 atom stereocenters. The maximum absolute atomic E-state index is 12.8. The van der Waals surface area contributed by atoms with Crippen molar-refractivity contribution in [1.82, 2.24) is 24.1 Å². The Morgan fingerprint density at radius 1 is 1.36 bits per heavy atom. The Balaban J connectivity index is 1.73. The van der Waals surface area contributed by atoms with Gasteiger partial charge in [-0.1, -0.05) is 30.0 Å². The Morgan fingerprint density at radius 2 is 2.18 bits per heavy atom. The molecule has 1 aromatic carbocycles. The zero-order valence-electron chi connectivity index (χ0n) is 15.0. The van der Waals surface area contributed by atoms with Gasteiger partial charge in [0.05, 0.1) is 16.7 Å². The summed E-state index contributed by atoms with van der Waals surface area (Å²) in [5.74, 6) is 0.499. The van der Waals surface area contributed by atoms with Crippen LogP contribution in [-0.2, 0) is 11.3 Å². The molecule has 0 aliphatic carbocycles. The molecule has 4 aromatic rings. The van der Waals surface area contributed by atoms with Gasteiger partial charge in [0.1, 0.15) is 0 Å². The Morgan fingerprint density at radius 3 is 2.93 bits per heavy atom. The SMILES string of the molecule is C=CCn1c(=O)c2ccccc2n2c(SCC(=O)N(C)c3nccs3)nnc12. The lowest BCUT2D eigenvalue weighted by Gasteiger charge is -2.13. The summed E-state index contributed by atoms with van der Waals surface area (Å²) in [5, 5.41) is 12.0. The number of amides is 1. The van der Waals surface area contributed by atoms with Crippen LogP contribution in [0.2, 0.25) is 0 Å². The van der Waals surface area contributed by atoms with E-state index in [-0.39, 0.29) is 17.2 Å². The number of carbonyl (C=O) groups is 1. The second-order valence-corrected chi connectivity index (χ2v) is 7.71. The van der Waals surface area contributed by atoms with E-state index in [1.807, 2.05) is 28.0 Å². The van der Waals surface area contributed by atoms with Crippen molar-refractivity contribution < 1.29 is 4.79 Å². The molecular weight excluding hydrogens is 396 g/mol. The van der Waals surface area contributed by atoms with Crippen molar-refractivity contribution in [3.05, 3.63) is 58.9 Å². The summed E-state index contributed by atoms with van der Waals surface area (Å²) in [7, 11) is 1.70. The predicted octanol–water partition coefficient (Wildman–Crippen LogP) is 2.44. The van der Waals surface area contributed by atoms with Gasteiger partial charge in [0, 0.05) is 25.2 Å². The number of thiazole rings is 1. The highest BCUT2D eigenvalue weighted by Gasteiger charge is 2.19. The Labute approximate surface area is 168 Å². The van der Waals surface area contributed by atoms with Gasteiger partial charge in [-0.05, 0) is 12.1 Å². The van der Waals surface area contributed by atoms with Crippen molar-refractivity contribution >= 4 is 50.8 Å². The fourth-order valence-corrected chi connectivity index (χ4v) is 4.31. The molecule has 0 aliphatic rings. The maximum Gasteiger partial charge on any atom is 0.263 e. The summed E-state index contributed by atoms with van der Waals surface area (Å²) in [6.07, 6.45) is 3.30. The third-order valence-electron chi connectivity index (χ3n) is 4.19. The van der Waals surface area contributed by atoms with E-state index >= 15 is 0 Å². The van der Waals surface area contributed by atoms with Crippen LogP contribution < -0.4 is 10.5 Å². The molecule has 1 amide bonds. The molecule has 8 nitrogen and oxygen atoms in total. The molecule has 142 valence electrons. The van der Waals surface area contributed by atoms with E-state index in [0.717, 1.165) is 0 Å². The lowest BCUT2D eigenvalue weighted by Crippen LogP contribution is -2.27. The second-order valence-electron chi connectivity index (χ2n) is 5.90. The summed E-state index contributed by atoms with van der Waals surface area (Å²) in [6.45, 7) is 4.04. The quantitative estimate of drug-likeness (QED) is 0.357. The molecule has 0 saturated carbocycles. The van der Waals surface area contributed by atoms with Crippen LogP contribution >= 0.6 is 23.1 Å². The molecule has 0 N–H and O–H groups in total. The number of nitrogens with zero attached hydrogens (tertiary/aromatic N) is 6. The van der Waals surface area contributed by atoms with Gasteiger partial charge in [0.25, 0.3) is 5.56 Å². The Kier molecular flexibility index (Phi) is 4.97. The van der Waals surface area contributed by atoms with Crippen molar-refractivity contribution in [1.29, 1.82) is 0 Å². The first-order valence-corrected chi connectivity index (χ1v) is 10.2. The number of allylic oxidation sites excluding steroid dienone is 1. The van der Waals surface area contributed by atoms with Gasteiger partial charge in [-0.25, -0.2) is 4.98 Å². The van der Waals surface area contributed by atoms with E-state index in [1.54, 1.807) is 25.4 Å². The van der Waals surface area contributed by atoms with Gasteiger partial charge in [0.15, 0.2) is 10.3 Å². The van der Waals surface area contributed by atoms with Gasteiger partial charge in [-0.2, -0.15) is 0 Å². The molecule has 0 bridgehead atoms. The number of anilines is 1. The molecule has 0 spiro atoms. The van der Waals surface area contributed by atoms with E-state index in [2.05, 4.69) is 21.8 Å². The highest BCUT2D eigenvalue weighted by Crippen LogP contribution is 2.23. The number of fused-ring (bicyclic) bond motifs is 3. The van der Waals surface area contributed by atoms with Crippen LogP contribution in [0.1, 0.15) is 0 Å². The lowest BCUT2D eigenvalue weighted by atomic mass is 10.2. The summed E-state index contributed by atoms with van der Waals surface area (Å²) in [6, 6.07) is 7.29. The first-order chi connectivity index (χ1) is 13.6. The van der Waals surface area contributed by atoms with Crippen molar-refractivity contribution in [2.45, 2.75) is 11.7 Å². The molecular formula is C18H16N6O2S2. The minimum absolute atomic E-state index is 0.0968. The van der Waals surface area contributed by atoms with Gasteiger partial charge in [-0.3, -0.25) is 23.5 Å². The number of rotatable bonds is 6. The van der Waals surface area contributed by atoms with Gasteiger partial charge in [0.2, 0.25) is 11.7 Å². The Hall–Kier alpha value is -2.98. The maximum atomic E-state index is 12.8. The molecule has 28 heavy (non-hydrogen) atoms. The highest BCUT2D eigenvalue weighted by molar-refractivity contribution is 7.99. The normalized spacial score (nSPS) is 11.2. The predicted molar refractivity (Wildman–Crippen MR) is 111 cm³/mol. The van der Waals surface area contributed by atoms with Gasteiger partial charge < -0.3 is 0 Å². The van der Waals surface area contributed by atoms with Crippen LogP contribution in [0, 0.1) is 0 Å². The number of hydrogen-bond donors (Lipinski definition) is 0. The van der Waals surface area contributed by atoms with Crippen LogP contribution in [0.4, 0.5) is 5.13 Å². The minimum atomic E-state index is -0.147. The molecule has 0 aliphatic heterocycles. The number of hydrogen-bond acceptors (Lipinski definition) is 7. The van der Waals surface area contributed by atoms with E-state index < -0.39 is 0 Å². The summed E-state index contributed by atoms with van der Waals surface area (Å²) >= 11 is 2.67. The fourth-order valence-electron chi connectivity index (χ4n) is 2.83. The first kappa shape index (κ1) is 18.4. The molecule has 0 fully saturated rings. The van der Waals surface area contributed by atoms with Crippen molar-refractivity contribution in [3.63, 3.8) is 0 Å². The zero-order valence-corrected chi connectivity index (χ0v) is 16.6. The fraction of sp³-hybridized carbons (Fsp3) is 0.167. The molecule has 4 rings (SSSR count). The van der Waals surface area contributed by atoms with Crippen molar-refractivity contribution in [2.24, 2.45) is 0 Å². The lowest BCUT2D eigenvalue weighted by molar-refractivity contribution is -0.115. The minimum Gasteiger partial charge on any atom is -0.291 e. The average molecular weight is 413 g/mol. The number of benzene rings is 1. The third kappa shape index (κ3) is 3.10. The molecule has 0 radical (unpaired) electrons. The monoisotopic (exact) mass is 412 g/mol. The zero-order chi connectivity index (χ0) is 19.7. The summed E-state index contributed by atoms with van der Waals surface area (Å²) in [5.41, 5.74) is 0.558. The van der Waals surface area contributed by atoms with E-state index in [4.69, 9.17) is 0 Å². The molecule has 3 heterocycles. The molecule has 0 unspecified atom stereocenters. The van der Waals surface area contributed by atoms with Crippen LogP contribution in [0.5, 0.6) is 0 Å².